The molecule has 7 nitrogen and oxygen atoms in total. The summed E-state index contributed by atoms with van der Waals surface area (Å²) in [6.45, 7) is 6.85. The van der Waals surface area contributed by atoms with E-state index in [0.29, 0.717) is 19.2 Å². The van der Waals surface area contributed by atoms with Crippen LogP contribution in [0.2, 0.25) is 0 Å². The number of nitrogens with one attached hydrogen (secondary N) is 1. The predicted molar refractivity (Wildman–Crippen MR) is 106 cm³/mol. The SMILES string of the molecule is Cc1ccc(=O)n(CCN2CCCCC2CNc2nc3c(s2)COCC3)n1. The van der Waals surface area contributed by atoms with E-state index in [2.05, 4.69) is 15.3 Å². The van der Waals surface area contributed by atoms with E-state index in [1.807, 2.05) is 6.92 Å². The van der Waals surface area contributed by atoms with E-state index in [1.165, 1.54) is 29.8 Å². The van der Waals surface area contributed by atoms with E-state index >= 15 is 0 Å². The number of thiazole rings is 1. The number of hydrogen-bond donors (Lipinski definition) is 1. The first-order chi connectivity index (χ1) is 13.2. The van der Waals surface area contributed by atoms with Gasteiger partial charge in [0.05, 0.1) is 36.0 Å². The summed E-state index contributed by atoms with van der Waals surface area (Å²) in [6, 6.07) is 3.84. The van der Waals surface area contributed by atoms with Crippen LogP contribution in [0.15, 0.2) is 16.9 Å². The van der Waals surface area contributed by atoms with Gasteiger partial charge in [-0.1, -0.05) is 17.8 Å². The fourth-order valence-corrected chi connectivity index (χ4v) is 4.78. The van der Waals surface area contributed by atoms with Crippen LogP contribution in [0.5, 0.6) is 0 Å². The average Bonchev–Trinajstić information content (AvgIpc) is 3.10. The van der Waals surface area contributed by atoms with Gasteiger partial charge in [-0.3, -0.25) is 9.69 Å². The minimum atomic E-state index is -0.0251. The van der Waals surface area contributed by atoms with E-state index in [4.69, 9.17) is 9.72 Å². The summed E-state index contributed by atoms with van der Waals surface area (Å²) in [5.41, 5.74) is 2.05. The summed E-state index contributed by atoms with van der Waals surface area (Å²) < 4.78 is 7.10. The molecule has 146 valence electrons. The second-order valence-electron chi connectivity index (χ2n) is 7.29. The summed E-state index contributed by atoms with van der Waals surface area (Å²) in [4.78, 5) is 20.5. The Morgan fingerprint density at radius 1 is 1.33 bits per heavy atom. The molecule has 2 aromatic heterocycles. The molecule has 0 amide bonds. The number of likely N-dealkylation sites (tertiary alicyclic amines) is 1. The third-order valence-corrected chi connectivity index (χ3v) is 6.36. The number of rotatable bonds is 6. The molecule has 2 aliphatic rings. The van der Waals surface area contributed by atoms with Gasteiger partial charge in [-0.2, -0.15) is 5.10 Å². The number of hydrogen-bond acceptors (Lipinski definition) is 7. The number of ether oxygens (including phenoxy) is 1. The van der Waals surface area contributed by atoms with Gasteiger partial charge in [-0.25, -0.2) is 9.67 Å². The second-order valence-corrected chi connectivity index (χ2v) is 8.38. The largest absolute Gasteiger partial charge is 0.375 e. The number of nitrogens with zero attached hydrogens (tertiary/aromatic N) is 4. The maximum Gasteiger partial charge on any atom is 0.266 e. The summed E-state index contributed by atoms with van der Waals surface area (Å²) in [5, 5.41) is 8.91. The van der Waals surface area contributed by atoms with Crippen LogP contribution in [0.1, 0.15) is 35.5 Å². The minimum absolute atomic E-state index is 0.0251. The molecule has 1 N–H and O–H groups in total. The van der Waals surface area contributed by atoms with Crippen molar-refractivity contribution in [3.8, 4) is 0 Å². The van der Waals surface area contributed by atoms with Crippen LogP contribution in [0.4, 0.5) is 5.13 Å². The molecule has 0 radical (unpaired) electrons. The third kappa shape index (κ3) is 4.56. The van der Waals surface area contributed by atoms with Crippen LogP contribution in [0.3, 0.4) is 0 Å². The van der Waals surface area contributed by atoms with Crippen molar-refractivity contribution in [2.45, 2.75) is 51.8 Å². The molecule has 1 unspecified atom stereocenters. The van der Waals surface area contributed by atoms with E-state index in [1.54, 1.807) is 28.2 Å². The first-order valence-corrected chi connectivity index (χ1v) is 10.6. The maximum atomic E-state index is 12.0. The van der Waals surface area contributed by atoms with Gasteiger partial charge in [0.25, 0.3) is 5.56 Å². The fourth-order valence-electron chi connectivity index (χ4n) is 3.83. The molecule has 0 bridgehead atoms. The van der Waals surface area contributed by atoms with Crippen molar-refractivity contribution < 1.29 is 4.74 Å². The molecular formula is C19H27N5O2S. The van der Waals surface area contributed by atoms with E-state index in [0.717, 1.165) is 43.5 Å². The van der Waals surface area contributed by atoms with Gasteiger partial charge < -0.3 is 10.1 Å². The quantitative estimate of drug-likeness (QED) is 0.815. The lowest BCUT2D eigenvalue weighted by atomic mass is 10.0. The molecule has 0 aliphatic carbocycles. The molecule has 1 saturated heterocycles. The highest BCUT2D eigenvalue weighted by molar-refractivity contribution is 7.15. The van der Waals surface area contributed by atoms with Crippen LogP contribution in [-0.4, -0.2) is 51.9 Å². The first kappa shape index (κ1) is 18.6. The van der Waals surface area contributed by atoms with Crippen LogP contribution in [0.25, 0.3) is 0 Å². The molecule has 0 saturated carbocycles. The molecular weight excluding hydrogens is 362 g/mol. The van der Waals surface area contributed by atoms with Gasteiger partial charge in [0, 0.05) is 31.6 Å². The summed E-state index contributed by atoms with van der Waals surface area (Å²) in [5.74, 6) is 0. The van der Waals surface area contributed by atoms with Crippen LogP contribution in [0, 0.1) is 6.92 Å². The Kier molecular flexibility index (Phi) is 5.85. The van der Waals surface area contributed by atoms with E-state index in [9.17, 15) is 4.79 Å². The standard InChI is InChI=1S/C19H27N5O2S/c1-14-5-6-18(25)24(22-14)10-9-23-8-3-2-4-15(23)12-20-19-21-16-7-11-26-13-17(16)27-19/h5-6,15H,2-4,7-13H2,1H3,(H,20,21). The van der Waals surface area contributed by atoms with Crippen molar-refractivity contribution in [1.29, 1.82) is 0 Å². The lowest BCUT2D eigenvalue weighted by Crippen LogP contribution is -2.45. The molecule has 1 fully saturated rings. The number of piperidine rings is 1. The van der Waals surface area contributed by atoms with Crippen LogP contribution >= 0.6 is 11.3 Å². The van der Waals surface area contributed by atoms with Crippen molar-refractivity contribution in [3.63, 3.8) is 0 Å². The zero-order valence-corrected chi connectivity index (χ0v) is 16.6. The van der Waals surface area contributed by atoms with Crippen molar-refractivity contribution in [2.24, 2.45) is 0 Å². The molecule has 4 heterocycles. The Bertz CT molecular complexity index is 810. The second kappa shape index (κ2) is 8.50. The van der Waals surface area contributed by atoms with E-state index < -0.39 is 0 Å². The fraction of sp³-hybridized carbons (Fsp3) is 0.632. The smallest absolute Gasteiger partial charge is 0.266 e. The normalized spacial score (nSPS) is 20.4. The molecule has 4 rings (SSSR count). The van der Waals surface area contributed by atoms with Crippen molar-refractivity contribution in [2.75, 3.05) is 31.6 Å². The van der Waals surface area contributed by atoms with Crippen molar-refractivity contribution >= 4 is 16.5 Å². The number of fused-ring (bicyclic) bond motifs is 1. The Labute approximate surface area is 163 Å². The van der Waals surface area contributed by atoms with Gasteiger partial charge in [-0.15, -0.1) is 0 Å². The highest BCUT2D eigenvalue weighted by atomic mass is 32.1. The maximum absolute atomic E-state index is 12.0. The van der Waals surface area contributed by atoms with Crippen LogP contribution in [-0.2, 0) is 24.3 Å². The molecule has 1 atom stereocenters. The zero-order chi connectivity index (χ0) is 18.6. The first-order valence-electron chi connectivity index (χ1n) is 9.78. The Morgan fingerprint density at radius 3 is 3.15 bits per heavy atom. The highest BCUT2D eigenvalue weighted by Gasteiger charge is 2.23. The Balaban J connectivity index is 1.35. The molecule has 27 heavy (non-hydrogen) atoms. The lowest BCUT2D eigenvalue weighted by molar-refractivity contribution is 0.112. The Morgan fingerprint density at radius 2 is 2.26 bits per heavy atom. The summed E-state index contributed by atoms with van der Waals surface area (Å²) in [7, 11) is 0. The summed E-state index contributed by atoms with van der Waals surface area (Å²) in [6.07, 6.45) is 4.57. The van der Waals surface area contributed by atoms with Gasteiger partial charge >= 0.3 is 0 Å². The highest BCUT2D eigenvalue weighted by Crippen LogP contribution is 2.27. The van der Waals surface area contributed by atoms with Crippen molar-refractivity contribution in [1.82, 2.24) is 19.7 Å². The van der Waals surface area contributed by atoms with Gasteiger partial charge in [0.15, 0.2) is 5.13 Å². The van der Waals surface area contributed by atoms with Gasteiger partial charge in [-0.05, 0) is 32.4 Å². The third-order valence-electron chi connectivity index (χ3n) is 5.33. The molecule has 8 heteroatoms. The molecule has 2 aromatic rings. The topological polar surface area (TPSA) is 72.3 Å². The minimum Gasteiger partial charge on any atom is -0.375 e. The predicted octanol–water partition coefficient (Wildman–Crippen LogP) is 2.05. The molecule has 0 spiro atoms. The molecule has 0 aromatic carbocycles. The molecule has 2 aliphatic heterocycles. The monoisotopic (exact) mass is 389 g/mol. The van der Waals surface area contributed by atoms with Crippen molar-refractivity contribution in [3.05, 3.63) is 38.8 Å². The lowest BCUT2D eigenvalue weighted by Gasteiger charge is -2.35. The zero-order valence-electron chi connectivity index (χ0n) is 15.8. The number of aromatic nitrogens is 3. The van der Waals surface area contributed by atoms with Crippen LogP contribution < -0.4 is 10.9 Å². The Hall–Kier alpha value is -1.77. The van der Waals surface area contributed by atoms with Gasteiger partial charge in [0.1, 0.15) is 0 Å². The van der Waals surface area contributed by atoms with E-state index in [-0.39, 0.29) is 5.56 Å². The number of anilines is 1. The summed E-state index contributed by atoms with van der Waals surface area (Å²) >= 11 is 1.72. The average molecular weight is 390 g/mol. The van der Waals surface area contributed by atoms with Gasteiger partial charge in [0.2, 0.25) is 0 Å². The number of aryl methyl sites for hydroxylation is 1.